The lowest BCUT2D eigenvalue weighted by Crippen LogP contribution is -2.30. The number of benzene rings is 3. The van der Waals surface area contributed by atoms with Crippen molar-refractivity contribution in [3.05, 3.63) is 89.5 Å². The number of rotatable bonds is 11. The zero-order valence-corrected chi connectivity index (χ0v) is 24.3. The maximum absolute atomic E-state index is 13.5. The van der Waals surface area contributed by atoms with E-state index in [1.54, 1.807) is 50.7 Å². The number of sulfonamides is 1. The number of alkyl halides is 1. The molecule has 0 saturated carbocycles. The van der Waals surface area contributed by atoms with Gasteiger partial charge in [-0.2, -0.15) is 0 Å². The van der Waals surface area contributed by atoms with Crippen molar-refractivity contribution in [2.75, 3.05) is 30.9 Å². The minimum atomic E-state index is -3.77. The summed E-state index contributed by atoms with van der Waals surface area (Å²) in [5.74, 6) is 0.334. The zero-order chi connectivity index (χ0) is 30.0. The van der Waals surface area contributed by atoms with Crippen molar-refractivity contribution < 1.29 is 31.8 Å². The van der Waals surface area contributed by atoms with Crippen molar-refractivity contribution in [2.24, 2.45) is 0 Å². The highest BCUT2D eigenvalue weighted by Crippen LogP contribution is 2.48. The van der Waals surface area contributed by atoms with E-state index in [-0.39, 0.29) is 42.5 Å². The molecule has 1 N–H and O–H groups in total. The van der Waals surface area contributed by atoms with Crippen molar-refractivity contribution in [1.29, 1.82) is 0 Å². The van der Waals surface area contributed by atoms with Gasteiger partial charge in [0.1, 0.15) is 30.4 Å². The van der Waals surface area contributed by atoms with Crippen LogP contribution < -0.4 is 13.8 Å². The van der Waals surface area contributed by atoms with E-state index in [9.17, 15) is 22.3 Å². The Kier molecular flexibility index (Phi) is 8.22. The van der Waals surface area contributed by atoms with Gasteiger partial charge in [0.05, 0.1) is 31.0 Å². The Hall–Kier alpha value is -4.38. The summed E-state index contributed by atoms with van der Waals surface area (Å²) in [5, 5.41) is 12.4. The summed E-state index contributed by atoms with van der Waals surface area (Å²) in [6.45, 7) is 1.05. The van der Waals surface area contributed by atoms with E-state index in [2.05, 4.69) is 0 Å². The SMILES string of the molecule is CCN(c1c2cc(Cc3ccc(F)cc3)cnc2c(OCc2ccc(OC)cc2)c2c(O)n(CCF)cc12)S(C)(=O)=O. The molecular weight excluding hydrogens is 564 g/mol. The Bertz CT molecular complexity index is 1840. The topological polar surface area (TPSA) is 93.9 Å². The maximum Gasteiger partial charge on any atom is 0.232 e. The Labute approximate surface area is 242 Å². The largest absolute Gasteiger partial charge is 0.497 e. The highest BCUT2D eigenvalue weighted by atomic mass is 32.2. The quantitative estimate of drug-likeness (QED) is 0.202. The Balaban J connectivity index is 1.76. The summed E-state index contributed by atoms with van der Waals surface area (Å²) in [6, 6.07) is 15.2. The third kappa shape index (κ3) is 5.69. The molecule has 220 valence electrons. The van der Waals surface area contributed by atoms with Crippen LogP contribution in [0.5, 0.6) is 17.4 Å². The number of nitrogens with zero attached hydrogens (tertiary/aromatic N) is 3. The number of halogens is 2. The number of aromatic hydroxyl groups is 1. The van der Waals surface area contributed by atoms with Crippen LogP contribution in [0.4, 0.5) is 14.5 Å². The lowest BCUT2D eigenvalue weighted by Gasteiger charge is -2.24. The van der Waals surface area contributed by atoms with Crippen molar-refractivity contribution in [2.45, 2.75) is 26.5 Å². The van der Waals surface area contributed by atoms with Crippen LogP contribution in [0.3, 0.4) is 0 Å². The Morgan fingerprint density at radius 1 is 1.02 bits per heavy atom. The summed E-state index contributed by atoms with van der Waals surface area (Å²) in [4.78, 5) is 4.71. The molecule has 0 radical (unpaired) electrons. The molecule has 0 fully saturated rings. The minimum absolute atomic E-state index is 0.104. The van der Waals surface area contributed by atoms with Crippen LogP contribution in [0.25, 0.3) is 21.7 Å². The van der Waals surface area contributed by atoms with Gasteiger partial charge < -0.3 is 19.1 Å². The fourth-order valence-corrected chi connectivity index (χ4v) is 6.12. The van der Waals surface area contributed by atoms with E-state index in [0.29, 0.717) is 34.1 Å². The first-order chi connectivity index (χ1) is 20.1. The maximum atomic E-state index is 13.5. The molecule has 0 aliphatic carbocycles. The number of pyridine rings is 1. The predicted molar refractivity (Wildman–Crippen MR) is 159 cm³/mol. The molecule has 0 aliphatic heterocycles. The molecule has 0 saturated heterocycles. The molecule has 11 heteroatoms. The van der Waals surface area contributed by atoms with Gasteiger partial charge in [0, 0.05) is 29.7 Å². The van der Waals surface area contributed by atoms with Crippen LogP contribution in [0.15, 0.2) is 67.0 Å². The highest BCUT2D eigenvalue weighted by Gasteiger charge is 2.28. The molecule has 0 amide bonds. The zero-order valence-electron chi connectivity index (χ0n) is 23.5. The van der Waals surface area contributed by atoms with Gasteiger partial charge in [-0.3, -0.25) is 9.29 Å². The van der Waals surface area contributed by atoms with E-state index in [1.165, 1.54) is 21.0 Å². The minimum Gasteiger partial charge on any atom is -0.497 e. The number of aryl methyl sites for hydroxylation is 1. The molecule has 2 aromatic heterocycles. The van der Waals surface area contributed by atoms with Crippen LogP contribution in [0.1, 0.15) is 23.6 Å². The van der Waals surface area contributed by atoms with Crippen molar-refractivity contribution in [1.82, 2.24) is 9.55 Å². The number of methoxy groups -OCH3 is 1. The second-order valence-corrected chi connectivity index (χ2v) is 11.8. The first kappa shape index (κ1) is 29.1. The van der Waals surface area contributed by atoms with Crippen LogP contribution in [-0.2, 0) is 29.6 Å². The summed E-state index contributed by atoms with van der Waals surface area (Å²) in [5.41, 5.74) is 3.07. The summed E-state index contributed by atoms with van der Waals surface area (Å²) in [7, 11) is -2.20. The third-order valence-electron chi connectivity index (χ3n) is 7.07. The number of hydrogen-bond acceptors (Lipinski definition) is 6. The number of fused-ring (bicyclic) bond motifs is 2. The molecule has 0 aliphatic rings. The second kappa shape index (κ2) is 11.8. The molecule has 5 rings (SSSR count). The third-order valence-corrected chi connectivity index (χ3v) is 8.31. The summed E-state index contributed by atoms with van der Waals surface area (Å²) in [6.07, 6.45) is 4.71. The lowest BCUT2D eigenvalue weighted by atomic mass is 10.0. The number of anilines is 1. The van der Waals surface area contributed by atoms with Crippen molar-refractivity contribution >= 4 is 37.4 Å². The number of ether oxygens (including phenoxy) is 2. The molecule has 0 spiro atoms. The van der Waals surface area contributed by atoms with Gasteiger partial charge in [0.2, 0.25) is 15.9 Å². The van der Waals surface area contributed by atoms with Gasteiger partial charge in [-0.1, -0.05) is 24.3 Å². The lowest BCUT2D eigenvalue weighted by molar-refractivity contribution is 0.311. The molecule has 3 aromatic carbocycles. The fraction of sp³-hybridized carbons (Fsp3) is 0.258. The highest BCUT2D eigenvalue weighted by molar-refractivity contribution is 7.92. The van der Waals surface area contributed by atoms with Gasteiger partial charge in [-0.05, 0) is 60.4 Å². The van der Waals surface area contributed by atoms with E-state index in [0.717, 1.165) is 22.9 Å². The molecule has 5 aromatic rings. The normalized spacial score (nSPS) is 11.7. The second-order valence-electron chi connectivity index (χ2n) is 9.91. The van der Waals surface area contributed by atoms with Gasteiger partial charge >= 0.3 is 0 Å². The number of aromatic nitrogens is 2. The molecule has 2 heterocycles. The van der Waals surface area contributed by atoms with Crippen LogP contribution >= 0.6 is 0 Å². The average molecular weight is 596 g/mol. The molecule has 0 unspecified atom stereocenters. The van der Waals surface area contributed by atoms with Crippen molar-refractivity contribution in [3.8, 4) is 17.4 Å². The molecular formula is C31H31F2N3O5S. The first-order valence-electron chi connectivity index (χ1n) is 13.3. The standard InChI is InChI=1S/C31H31F2N3O5S/c1-4-36(42(3,38)39)29-25-16-22(15-20-5-9-23(33)10-6-20)17-34-28(25)30(27-26(29)18-35(14-13-32)31(27)37)41-19-21-7-11-24(40-2)12-8-21/h5-12,16-18,37H,4,13-15,19H2,1-3H3. The monoisotopic (exact) mass is 595 g/mol. The number of hydrogen-bond donors (Lipinski definition) is 1. The smallest absolute Gasteiger partial charge is 0.232 e. The summed E-state index contributed by atoms with van der Waals surface area (Å²) < 4.78 is 67.1. The van der Waals surface area contributed by atoms with Gasteiger partial charge in [-0.15, -0.1) is 0 Å². The fourth-order valence-electron chi connectivity index (χ4n) is 5.12. The molecule has 42 heavy (non-hydrogen) atoms. The van der Waals surface area contributed by atoms with Gasteiger partial charge in [0.25, 0.3) is 0 Å². The van der Waals surface area contributed by atoms with Crippen LogP contribution in [0.2, 0.25) is 0 Å². The van der Waals surface area contributed by atoms with E-state index in [1.807, 2.05) is 18.2 Å². The molecule has 0 atom stereocenters. The Morgan fingerprint density at radius 3 is 2.33 bits per heavy atom. The average Bonchev–Trinajstić information content (AvgIpc) is 3.29. The van der Waals surface area contributed by atoms with Crippen LogP contribution in [-0.4, -0.2) is 49.7 Å². The van der Waals surface area contributed by atoms with E-state index >= 15 is 0 Å². The Morgan fingerprint density at radius 2 is 1.71 bits per heavy atom. The van der Waals surface area contributed by atoms with E-state index in [4.69, 9.17) is 14.5 Å². The molecule has 0 bridgehead atoms. The summed E-state index contributed by atoms with van der Waals surface area (Å²) >= 11 is 0. The predicted octanol–water partition coefficient (Wildman–Crippen LogP) is 5.97. The first-order valence-corrected chi connectivity index (χ1v) is 15.2. The van der Waals surface area contributed by atoms with Crippen molar-refractivity contribution in [3.63, 3.8) is 0 Å². The van der Waals surface area contributed by atoms with E-state index < -0.39 is 16.7 Å². The van der Waals surface area contributed by atoms with Gasteiger partial charge in [0.15, 0.2) is 5.75 Å². The van der Waals surface area contributed by atoms with Crippen LogP contribution in [0, 0.1) is 5.82 Å². The van der Waals surface area contributed by atoms with Gasteiger partial charge in [-0.25, -0.2) is 17.2 Å². The molecule has 8 nitrogen and oxygen atoms in total.